The molecule has 0 aliphatic heterocycles. The Kier molecular flexibility index (Phi) is 8.36. The number of carbonyl (C=O) groups excluding carboxylic acids is 2. The Morgan fingerprint density at radius 1 is 0.880 bits per heavy atom. The maximum Gasteiger partial charge on any atom is 0.150 e. The summed E-state index contributed by atoms with van der Waals surface area (Å²) in [5.74, 6) is 0.278. The lowest BCUT2D eigenvalue weighted by Crippen LogP contribution is -2.20. The molecule has 0 unspecified atom stereocenters. The second-order valence-corrected chi connectivity index (χ2v) is 5.96. The van der Waals surface area contributed by atoms with Gasteiger partial charge in [0.1, 0.15) is 24.7 Å². The number of hydrogen-bond acceptors (Lipinski definition) is 8. The maximum absolute atomic E-state index is 12.0. The Bertz CT molecular complexity index is 565. The molecule has 10 nitrogen and oxygen atoms in total. The van der Waals surface area contributed by atoms with Crippen LogP contribution in [0.25, 0.3) is 0 Å². The fraction of sp³-hybridized carbons (Fsp3) is 0.733. The highest BCUT2D eigenvalue weighted by Crippen LogP contribution is 2.16. The third kappa shape index (κ3) is 6.86. The van der Waals surface area contributed by atoms with Crippen molar-refractivity contribution in [1.82, 2.24) is 40.4 Å². The molecule has 0 atom stereocenters. The van der Waals surface area contributed by atoms with Gasteiger partial charge >= 0.3 is 0 Å². The highest BCUT2D eigenvalue weighted by Gasteiger charge is 2.16. The molecule has 2 rings (SSSR count). The van der Waals surface area contributed by atoms with E-state index in [9.17, 15) is 9.59 Å². The first kappa shape index (κ1) is 18.8. The molecule has 2 heterocycles. The molecular weight excluding hydrogens is 324 g/mol. The zero-order valence-electron chi connectivity index (χ0n) is 14.3. The number of rotatable bonds is 14. The van der Waals surface area contributed by atoms with Gasteiger partial charge in [-0.25, -0.2) is 9.36 Å². The van der Waals surface area contributed by atoms with Crippen molar-refractivity contribution in [2.75, 3.05) is 0 Å². The van der Waals surface area contributed by atoms with E-state index < -0.39 is 0 Å². The Morgan fingerprint density at radius 3 is 2.08 bits per heavy atom. The van der Waals surface area contributed by atoms with Gasteiger partial charge in [0, 0.05) is 19.3 Å². The Balaban J connectivity index is 1.63. The van der Waals surface area contributed by atoms with Crippen LogP contribution in [-0.2, 0) is 9.59 Å². The summed E-state index contributed by atoms with van der Waals surface area (Å²) in [4.78, 5) is 22.2. The van der Waals surface area contributed by atoms with Gasteiger partial charge in [0.2, 0.25) is 0 Å². The molecule has 0 aliphatic rings. The molecule has 0 spiro atoms. The fourth-order valence-electron chi connectivity index (χ4n) is 2.68. The van der Waals surface area contributed by atoms with E-state index in [-0.39, 0.29) is 11.9 Å². The molecule has 0 aromatic carbocycles. The van der Waals surface area contributed by atoms with Crippen molar-refractivity contribution in [3.63, 3.8) is 0 Å². The van der Waals surface area contributed by atoms with Gasteiger partial charge in [-0.3, -0.25) is 4.79 Å². The summed E-state index contributed by atoms with van der Waals surface area (Å²) in [6.45, 7) is 0. The summed E-state index contributed by atoms with van der Waals surface area (Å²) in [6.07, 6.45) is 12.0. The molecule has 10 heteroatoms. The van der Waals surface area contributed by atoms with Crippen LogP contribution in [0.3, 0.4) is 0 Å². The van der Waals surface area contributed by atoms with Gasteiger partial charge in [-0.15, -0.1) is 10.2 Å². The van der Waals surface area contributed by atoms with Crippen LogP contribution >= 0.6 is 0 Å². The lowest BCUT2D eigenvalue weighted by atomic mass is 10.0. The molecule has 0 aliphatic carbocycles. The average molecular weight is 348 g/mol. The molecule has 0 fully saturated rings. The Labute approximate surface area is 146 Å². The van der Waals surface area contributed by atoms with Crippen LogP contribution in [-0.4, -0.2) is 52.5 Å². The molecule has 0 N–H and O–H groups in total. The molecule has 0 amide bonds. The molecule has 0 bridgehead atoms. The van der Waals surface area contributed by atoms with Gasteiger partial charge in [0.25, 0.3) is 0 Å². The van der Waals surface area contributed by atoms with Crippen LogP contribution in [0, 0.1) is 0 Å². The van der Waals surface area contributed by atoms with Gasteiger partial charge in [0.15, 0.2) is 6.17 Å². The highest BCUT2D eigenvalue weighted by molar-refractivity contribution is 5.78. The summed E-state index contributed by atoms with van der Waals surface area (Å²) in [6, 6.07) is 0. The minimum atomic E-state index is -0.226. The Morgan fingerprint density at radius 2 is 1.48 bits per heavy atom. The number of tetrazole rings is 2. The number of Topliss-reactive ketones (excluding diaryl/α,β-unsaturated/α-hetero) is 1. The van der Waals surface area contributed by atoms with Gasteiger partial charge in [-0.05, 0) is 46.5 Å². The van der Waals surface area contributed by atoms with Crippen LogP contribution in [0.1, 0.15) is 70.4 Å². The second-order valence-electron chi connectivity index (χ2n) is 5.96. The molecule has 0 saturated carbocycles. The van der Waals surface area contributed by atoms with Crippen molar-refractivity contribution in [2.45, 2.75) is 70.4 Å². The van der Waals surface area contributed by atoms with E-state index in [4.69, 9.17) is 0 Å². The zero-order valence-corrected chi connectivity index (χ0v) is 14.3. The van der Waals surface area contributed by atoms with Gasteiger partial charge in [-0.1, -0.05) is 19.3 Å². The quantitative estimate of drug-likeness (QED) is 0.371. The standard InChI is InChI=1S/C15H24N8O2/c24-11-6-4-2-1-3-5-8-14(25)9-7-10-15(22-12-16-18-20-22)23-13-17-19-21-23/h11-13,15H,1-10H2. The maximum atomic E-state index is 12.0. The van der Waals surface area contributed by atoms with Crippen LogP contribution in [0.15, 0.2) is 12.7 Å². The number of carbonyl (C=O) groups is 2. The van der Waals surface area contributed by atoms with Crippen molar-refractivity contribution in [1.29, 1.82) is 0 Å². The highest BCUT2D eigenvalue weighted by atomic mass is 16.1. The van der Waals surface area contributed by atoms with E-state index in [2.05, 4.69) is 31.1 Å². The van der Waals surface area contributed by atoms with Gasteiger partial charge < -0.3 is 4.79 Å². The Hall–Kier alpha value is -2.52. The van der Waals surface area contributed by atoms with Gasteiger partial charge in [0.05, 0.1) is 0 Å². The summed E-state index contributed by atoms with van der Waals surface area (Å²) in [5, 5.41) is 22.3. The lowest BCUT2D eigenvalue weighted by molar-refractivity contribution is -0.119. The molecule has 136 valence electrons. The average Bonchev–Trinajstić information content (AvgIpc) is 3.32. The normalized spacial score (nSPS) is 11.1. The van der Waals surface area contributed by atoms with E-state index in [1.807, 2.05) is 0 Å². The molecule has 2 aromatic heterocycles. The minimum Gasteiger partial charge on any atom is -0.303 e. The lowest BCUT2D eigenvalue weighted by Gasteiger charge is -2.15. The molecule has 2 aromatic rings. The number of nitrogens with zero attached hydrogens (tertiary/aromatic N) is 8. The largest absolute Gasteiger partial charge is 0.303 e. The van der Waals surface area contributed by atoms with E-state index in [1.165, 1.54) is 12.7 Å². The third-order valence-electron chi connectivity index (χ3n) is 4.04. The number of aromatic nitrogens is 8. The monoisotopic (exact) mass is 348 g/mol. The minimum absolute atomic E-state index is 0.226. The van der Waals surface area contributed by atoms with Crippen LogP contribution < -0.4 is 0 Å². The van der Waals surface area contributed by atoms with Crippen LogP contribution in [0.5, 0.6) is 0 Å². The molecular formula is C15H24N8O2. The summed E-state index contributed by atoms with van der Waals surface area (Å²) in [7, 11) is 0. The molecule has 0 saturated heterocycles. The number of hydrogen-bond donors (Lipinski definition) is 0. The molecule has 25 heavy (non-hydrogen) atoms. The van der Waals surface area contributed by atoms with Crippen molar-refractivity contribution < 1.29 is 9.59 Å². The first-order valence-electron chi connectivity index (χ1n) is 8.71. The SMILES string of the molecule is O=CCCCCCCCC(=O)CCCC(n1cnnn1)n1cnnn1. The third-order valence-corrected chi connectivity index (χ3v) is 4.04. The first-order chi connectivity index (χ1) is 12.3. The predicted octanol–water partition coefficient (Wildman–Crippen LogP) is 1.38. The van der Waals surface area contributed by atoms with E-state index in [0.717, 1.165) is 44.8 Å². The van der Waals surface area contributed by atoms with E-state index in [1.54, 1.807) is 9.36 Å². The van der Waals surface area contributed by atoms with Crippen molar-refractivity contribution in [3.8, 4) is 0 Å². The van der Waals surface area contributed by atoms with Crippen molar-refractivity contribution in [2.24, 2.45) is 0 Å². The molecule has 0 radical (unpaired) electrons. The van der Waals surface area contributed by atoms with E-state index in [0.29, 0.717) is 25.7 Å². The summed E-state index contributed by atoms with van der Waals surface area (Å²) < 4.78 is 3.17. The van der Waals surface area contributed by atoms with Gasteiger partial charge in [-0.2, -0.15) is 0 Å². The summed E-state index contributed by atoms with van der Waals surface area (Å²) in [5.41, 5.74) is 0. The second kappa shape index (κ2) is 11.1. The predicted molar refractivity (Wildman–Crippen MR) is 87.3 cm³/mol. The number of unbranched alkanes of at least 4 members (excludes halogenated alkanes) is 5. The van der Waals surface area contributed by atoms with E-state index >= 15 is 0 Å². The topological polar surface area (TPSA) is 121 Å². The smallest absolute Gasteiger partial charge is 0.150 e. The number of aldehydes is 1. The van der Waals surface area contributed by atoms with Crippen molar-refractivity contribution in [3.05, 3.63) is 12.7 Å². The zero-order chi connectivity index (χ0) is 17.7. The number of ketones is 1. The van der Waals surface area contributed by atoms with Crippen LogP contribution in [0.2, 0.25) is 0 Å². The fourth-order valence-corrected chi connectivity index (χ4v) is 2.68. The van der Waals surface area contributed by atoms with Crippen LogP contribution in [0.4, 0.5) is 0 Å². The van der Waals surface area contributed by atoms with Crippen molar-refractivity contribution >= 4 is 12.1 Å². The first-order valence-corrected chi connectivity index (χ1v) is 8.71. The summed E-state index contributed by atoms with van der Waals surface area (Å²) >= 11 is 0.